The minimum atomic E-state index is -0.978. The molecule has 2 heterocycles. The Bertz CT molecular complexity index is 1300. The van der Waals surface area contributed by atoms with Crippen LogP contribution in [0.15, 0.2) is 54.9 Å². The fraction of sp³-hybridized carbons (Fsp3) is 0.414. The minimum Gasteiger partial charge on any atom is -0.460 e. The van der Waals surface area contributed by atoms with Crippen LogP contribution in [0.4, 0.5) is 0 Å². The van der Waals surface area contributed by atoms with E-state index in [1.165, 1.54) is 0 Å². The van der Waals surface area contributed by atoms with E-state index in [9.17, 15) is 9.59 Å². The summed E-state index contributed by atoms with van der Waals surface area (Å²) in [5.74, 6) is -0.261. The number of nitrogens with one attached hydrogen (secondary N) is 1. The van der Waals surface area contributed by atoms with E-state index < -0.39 is 29.8 Å². The van der Waals surface area contributed by atoms with Crippen molar-refractivity contribution >= 4 is 35.1 Å². The number of amides is 1. The Morgan fingerprint density at radius 1 is 1.08 bits per heavy atom. The Morgan fingerprint density at radius 3 is 2.45 bits per heavy atom. The van der Waals surface area contributed by atoms with E-state index in [0.29, 0.717) is 22.5 Å². The largest absolute Gasteiger partial charge is 0.460 e. The van der Waals surface area contributed by atoms with E-state index in [0.717, 1.165) is 35.1 Å². The molecule has 0 bridgehead atoms. The molecule has 2 fully saturated rings. The first-order chi connectivity index (χ1) is 18.1. The number of halogens is 2. The Labute approximate surface area is 232 Å². The lowest BCUT2D eigenvalue weighted by Gasteiger charge is -2.45. The summed E-state index contributed by atoms with van der Waals surface area (Å²) in [7, 11) is 0. The van der Waals surface area contributed by atoms with Crippen LogP contribution in [-0.2, 0) is 19.1 Å². The molecule has 1 saturated carbocycles. The molecule has 2 aromatic carbocycles. The molecule has 3 aromatic rings. The number of esters is 1. The molecule has 5 rings (SSSR count). The number of aromatic nitrogens is 2. The number of H-pyrrole nitrogens is 1. The van der Waals surface area contributed by atoms with Gasteiger partial charge in [-0.3, -0.25) is 14.7 Å². The number of benzene rings is 2. The third kappa shape index (κ3) is 6.22. The lowest BCUT2D eigenvalue weighted by molar-refractivity contribution is -0.183. The number of ether oxygens (including phenoxy) is 2. The maximum atomic E-state index is 13.9. The van der Waals surface area contributed by atoms with E-state index in [1.54, 1.807) is 33.2 Å². The van der Waals surface area contributed by atoms with Crippen LogP contribution in [0.2, 0.25) is 10.0 Å². The molecule has 200 valence electrons. The molecule has 0 radical (unpaired) electrons. The summed E-state index contributed by atoms with van der Waals surface area (Å²) in [6.45, 7) is 6.00. The van der Waals surface area contributed by atoms with Crippen LogP contribution < -0.4 is 0 Å². The smallest absolute Gasteiger partial charge is 0.309 e. The number of rotatable bonds is 7. The Kier molecular flexibility index (Phi) is 7.54. The number of hydrogen-bond donors (Lipinski definition) is 1. The van der Waals surface area contributed by atoms with Gasteiger partial charge in [-0.2, -0.15) is 5.10 Å². The minimum absolute atomic E-state index is 0.170. The van der Waals surface area contributed by atoms with Crippen LogP contribution in [0.1, 0.15) is 63.3 Å². The molecule has 1 saturated heterocycles. The second-order valence-electron chi connectivity index (χ2n) is 11.0. The first-order valence-electron chi connectivity index (χ1n) is 12.8. The van der Waals surface area contributed by atoms with Gasteiger partial charge in [0.25, 0.3) is 5.91 Å². The highest BCUT2D eigenvalue weighted by molar-refractivity contribution is 6.31. The van der Waals surface area contributed by atoms with Gasteiger partial charge < -0.3 is 14.4 Å². The number of hydrogen-bond acceptors (Lipinski definition) is 5. The fourth-order valence-corrected chi connectivity index (χ4v) is 5.24. The van der Waals surface area contributed by atoms with Gasteiger partial charge in [0.15, 0.2) is 0 Å². The highest BCUT2D eigenvalue weighted by atomic mass is 35.5. The molecular weight excluding hydrogens is 525 g/mol. The molecule has 38 heavy (non-hydrogen) atoms. The summed E-state index contributed by atoms with van der Waals surface area (Å²) >= 11 is 12.8. The highest BCUT2D eigenvalue weighted by Gasteiger charge is 2.46. The van der Waals surface area contributed by atoms with Gasteiger partial charge in [-0.05, 0) is 86.6 Å². The number of carbonyl (C=O) groups excluding carboxylic acids is 2. The van der Waals surface area contributed by atoms with Crippen molar-refractivity contribution in [3.63, 3.8) is 0 Å². The zero-order valence-electron chi connectivity index (χ0n) is 21.6. The highest BCUT2D eigenvalue weighted by Crippen LogP contribution is 2.46. The molecule has 1 aliphatic heterocycles. The zero-order valence-corrected chi connectivity index (χ0v) is 23.1. The predicted octanol–water partition coefficient (Wildman–Crippen LogP) is 6.54. The van der Waals surface area contributed by atoms with Crippen LogP contribution in [0.3, 0.4) is 0 Å². The second-order valence-corrected chi connectivity index (χ2v) is 11.9. The van der Waals surface area contributed by atoms with Crippen LogP contribution in [0.25, 0.3) is 11.1 Å². The van der Waals surface area contributed by atoms with Crippen molar-refractivity contribution in [3.05, 3.63) is 76.0 Å². The average molecular weight is 556 g/mol. The van der Waals surface area contributed by atoms with Gasteiger partial charge in [0.05, 0.1) is 18.7 Å². The van der Waals surface area contributed by atoms with Crippen LogP contribution in [0, 0.1) is 5.92 Å². The molecule has 0 spiro atoms. The van der Waals surface area contributed by atoms with E-state index in [2.05, 4.69) is 10.2 Å². The standard InChI is InChI=1S/C29H31Cl2N3O4/c1-29(2,3)38-25(35)13-24-28(36)34(16-17-4-5-17)26(18-6-8-22(30)9-7-18)27(37-24)20-10-19(11-23(31)12-20)21-14-32-33-15-21/h6-12,14-15,17,24,26-27H,4-5,13,16H2,1-3H3,(H,32,33)/t24-,26+,27+/m0/s1. The summed E-state index contributed by atoms with van der Waals surface area (Å²) in [6, 6.07) is 12.8. The molecule has 2 aliphatic rings. The molecule has 9 heteroatoms. The summed E-state index contributed by atoms with van der Waals surface area (Å²) in [5.41, 5.74) is 2.78. The molecule has 1 aliphatic carbocycles. The second kappa shape index (κ2) is 10.7. The van der Waals surface area contributed by atoms with E-state index >= 15 is 0 Å². The maximum Gasteiger partial charge on any atom is 0.309 e. The van der Waals surface area contributed by atoms with E-state index in [-0.39, 0.29) is 12.3 Å². The summed E-state index contributed by atoms with van der Waals surface area (Å²) in [6.07, 6.45) is 3.93. The predicted molar refractivity (Wildman–Crippen MR) is 146 cm³/mol. The number of morpholine rings is 1. The quantitative estimate of drug-likeness (QED) is 0.335. The summed E-state index contributed by atoms with van der Waals surface area (Å²) in [4.78, 5) is 28.5. The topological polar surface area (TPSA) is 84.5 Å². The molecule has 1 aromatic heterocycles. The normalized spacial score (nSPS) is 22.0. The van der Waals surface area contributed by atoms with Crippen molar-refractivity contribution in [2.45, 2.75) is 63.9 Å². The van der Waals surface area contributed by atoms with Gasteiger partial charge in [0.1, 0.15) is 17.8 Å². The van der Waals surface area contributed by atoms with Crippen molar-refractivity contribution in [3.8, 4) is 11.1 Å². The van der Waals surface area contributed by atoms with Crippen molar-refractivity contribution in [1.82, 2.24) is 15.1 Å². The van der Waals surface area contributed by atoms with Crippen molar-refractivity contribution < 1.29 is 19.1 Å². The number of nitrogens with zero attached hydrogens (tertiary/aromatic N) is 2. The van der Waals surface area contributed by atoms with E-state index in [4.69, 9.17) is 32.7 Å². The molecule has 1 amide bonds. The number of aromatic amines is 1. The van der Waals surface area contributed by atoms with Gasteiger partial charge in [-0.1, -0.05) is 35.3 Å². The Balaban J connectivity index is 1.57. The summed E-state index contributed by atoms with van der Waals surface area (Å²) in [5, 5.41) is 8.03. The monoisotopic (exact) mass is 555 g/mol. The third-order valence-electron chi connectivity index (χ3n) is 6.71. The van der Waals surface area contributed by atoms with Crippen LogP contribution in [0.5, 0.6) is 0 Å². The van der Waals surface area contributed by atoms with Crippen molar-refractivity contribution in [2.75, 3.05) is 6.54 Å². The summed E-state index contributed by atoms with van der Waals surface area (Å²) < 4.78 is 12.1. The van der Waals surface area contributed by atoms with Crippen molar-refractivity contribution in [2.24, 2.45) is 5.92 Å². The van der Waals surface area contributed by atoms with Gasteiger partial charge in [-0.25, -0.2) is 0 Å². The first-order valence-corrected chi connectivity index (χ1v) is 13.6. The van der Waals surface area contributed by atoms with Gasteiger partial charge >= 0.3 is 5.97 Å². The Hall–Kier alpha value is -2.87. The molecular formula is C29H31Cl2N3O4. The van der Waals surface area contributed by atoms with E-state index in [1.807, 2.05) is 47.4 Å². The maximum absolute atomic E-state index is 13.9. The van der Waals surface area contributed by atoms with Gasteiger partial charge in [0.2, 0.25) is 0 Å². The molecule has 3 atom stereocenters. The molecule has 7 nitrogen and oxygen atoms in total. The lowest BCUT2D eigenvalue weighted by Crippen LogP contribution is -2.52. The fourth-order valence-electron chi connectivity index (χ4n) is 4.87. The third-order valence-corrected chi connectivity index (χ3v) is 7.18. The zero-order chi connectivity index (χ0) is 27.0. The van der Waals surface area contributed by atoms with Crippen LogP contribution >= 0.6 is 23.2 Å². The van der Waals surface area contributed by atoms with Gasteiger partial charge in [0, 0.05) is 28.4 Å². The Morgan fingerprint density at radius 2 is 1.82 bits per heavy atom. The SMILES string of the molecule is CC(C)(C)OC(=O)C[C@@H]1O[C@H](c2cc(Cl)cc(-c3cn[nH]c3)c2)[C@@H](c2ccc(Cl)cc2)N(CC2CC2)C1=O. The molecule has 1 N–H and O–H groups in total. The number of carbonyl (C=O) groups is 2. The lowest BCUT2D eigenvalue weighted by atomic mass is 9.89. The first kappa shape index (κ1) is 26.7. The average Bonchev–Trinajstić information content (AvgIpc) is 3.49. The molecule has 0 unspecified atom stereocenters. The van der Waals surface area contributed by atoms with Crippen LogP contribution in [-0.4, -0.2) is 45.2 Å². The van der Waals surface area contributed by atoms with Crippen molar-refractivity contribution in [1.29, 1.82) is 0 Å². The van der Waals surface area contributed by atoms with Gasteiger partial charge in [-0.15, -0.1) is 0 Å².